The number of nitrogens with zero attached hydrogens (tertiary/aromatic N) is 2. The largest absolute Gasteiger partial charge is 0.376 e. The van der Waals surface area contributed by atoms with Crippen molar-refractivity contribution in [3.63, 3.8) is 0 Å². The highest BCUT2D eigenvalue weighted by molar-refractivity contribution is 5.06. The van der Waals surface area contributed by atoms with Gasteiger partial charge in [0.1, 0.15) is 0 Å². The van der Waals surface area contributed by atoms with Crippen molar-refractivity contribution in [1.82, 2.24) is 15.4 Å². The fourth-order valence-electron chi connectivity index (χ4n) is 1.82. The molecule has 0 saturated heterocycles. The number of nitrogens with two attached hydrogens (primary N) is 1. The van der Waals surface area contributed by atoms with Crippen LogP contribution in [0.15, 0.2) is 18.6 Å². The second-order valence-electron chi connectivity index (χ2n) is 5.02. The molecule has 0 aliphatic heterocycles. The van der Waals surface area contributed by atoms with E-state index < -0.39 is 0 Å². The van der Waals surface area contributed by atoms with E-state index in [1.165, 1.54) is 0 Å². The van der Waals surface area contributed by atoms with Crippen molar-refractivity contribution in [2.24, 2.45) is 11.3 Å². The van der Waals surface area contributed by atoms with Gasteiger partial charge in [0, 0.05) is 19.0 Å². The van der Waals surface area contributed by atoms with Crippen LogP contribution in [0.1, 0.15) is 39.4 Å². The number of rotatable bonds is 5. The van der Waals surface area contributed by atoms with Gasteiger partial charge in [-0.25, -0.2) is 5.43 Å². The zero-order chi connectivity index (χ0) is 12.9. The molecule has 5 nitrogen and oxygen atoms in total. The maximum Gasteiger partial charge on any atom is 0.0914 e. The first kappa shape index (κ1) is 14.0. The molecule has 1 aromatic rings. The van der Waals surface area contributed by atoms with E-state index in [0.717, 1.165) is 5.69 Å². The quantitative estimate of drug-likeness (QED) is 0.599. The lowest BCUT2D eigenvalue weighted by Gasteiger charge is -2.35. The summed E-state index contributed by atoms with van der Waals surface area (Å²) in [5.41, 5.74) is 3.54. The smallest absolute Gasteiger partial charge is 0.0914 e. The molecule has 5 heteroatoms. The van der Waals surface area contributed by atoms with Gasteiger partial charge >= 0.3 is 0 Å². The maximum absolute atomic E-state index is 5.80. The Morgan fingerprint density at radius 2 is 2.12 bits per heavy atom. The van der Waals surface area contributed by atoms with E-state index in [-0.39, 0.29) is 17.6 Å². The van der Waals surface area contributed by atoms with E-state index in [2.05, 4.69) is 36.2 Å². The fourth-order valence-corrected chi connectivity index (χ4v) is 1.82. The Bertz CT molecular complexity index is 323. The van der Waals surface area contributed by atoms with E-state index in [4.69, 9.17) is 10.6 Å². The van der Waals surface area contributed by atoms with Gasteiger partial charge in [-0.15, -0.1) is 0 Å². The average molecular weight is 238 g/mol. The van der Waals surface area contributed by atoms with Gasteiger partial charge in [0.2, 0.25) is 0 Å². The number of hydrogen-bond acceptors (Lipinski definition) is 5. The van der Waals surface area contributed by atoms with Crippen LogP contribution >= 0.6 is 0 Å². The van der Waals surface area contributed by atoms with E-state index in [0.29, 0.717) is 6.61 Å². The third kappa shape index (κ3) is 3.73. The van der Waals surface area contributed by atoms with Crippen LogP contribution in [0.25, 0.3) is 0 Å². The Kier molecular flexibility index (Phi) is 4.99. The summed E-state index contributed by atoms with van der Waals surface area (Å²) in [5.74, 6) is 5.63. The van der Waals surface area contributed by atoms with Gasteiger partial charge in [0.15, 0.2) is 0 Å². The minimum atomic E-state index is -0.163. The van der Waals surface area contributed by atoms with Crippen LogP contribution in [-0.4, -0.2) is 22.7 Å². The van der Waals surface area contributed by atoms with Crippen molar-refractivity contribution in [2.75, 3.05) is 6.61 Å². The third-order valence-electron chi connectivity index (χ3n) is 2.58. The molecule has 2 unspecified atom stereocenters. The summed E-state index contributed by atoms with van der Waals surface area (Å²) < 4.78 is 5.80. The SMILES string of the molecule is CCOC(C(NN)c1cnccn1)C(C)(C)C. The molecule has 0 saturated carbocycles. The Labute approximate surface area is 103 Å². The summed E-state index contributed by atoms with van der Waals surface area (Å²) in [6, 6.07) is -0.163. The zero-order valence-corrected chi connectivity index (χ0v) is 11.0. The molecule has 0 bridgehead atoms. The van der Waals surface area contributed by atoms with Crippen LogP contribution in [0.5, 0.6) is 0 Å². The van der Waals surface area contributed by atoms with Crippen molar-refractivity contribution >= 4 is 0 Å². The van der Waals surface area contributed by atoms with Gasteiger partial charge in [-0.3, -0.25) is 15.8 Å². The lowest BCUT2D eigenvalue weighted by Crippen LogP contribution is -2.45. The van der Waals surface area contributed by atoms with Gasteiger partial charge in [0.05, 0.1) is 24.0 Å². The molecule has 0 radical (unpaired) electrons. The Balaban J connectivity index is 2.98. The summed E-state index contributed by atoms with van der Waals surface area (Å²) in [4.78, 5) is 8.35. The highest BCUT2D eigenvalue weighted by Gasteiger charge is 2.34. The minimum absolute atomic E-state index is 0.0371. The van der Waals surface area contributed by atoms with Crippen molar-refractivity contribution in [3.05, 3.63) is 24.3 Å². The molecule has 1 heterocycles. The van der Waals surface area contributed by atoms with Crippen molar-refractivity contribution in [3.8, 4) is 0 Å². The van der Waals surface area contributed by atoms with Crippen LogP contribution in [0.2, 0.25) is 0 Å². The molecule has 96 valence electrons. The minimum Gasteiger partial charge on any atom is -0.376 e. The lowest BCUT2D eigenvalue weighted by molar-refractivity contribution is -0.0376. The molecule has 0 aliphatic carbocycles. The summed E-state index contributed by atoms with van der Waals surface area (Å²) in [6.45, 7) is 8.97. The number of hydrazine groups is 1. The summed E-state index contributed by atoms with van der Waals surface area (Å²) in [7, 11) is 0. The van der Waals surface area contributed by atoms with Crippen LogP contribution in [0.3, 0.4) is 0 Å². The van der Waals surface area contributed by atoms with Crippen molar-refractivity contribution in [1.29, 1.82) is 0 Å². The monoisotopic (exact) mass is 238 g/mol. The molecule has 0 aromatic carbocycles. The molecule has 1 aromatic heterocycles. The average Bonchev–Trinajstić information content (AvgIpc) is 2.29. The summed E-state index contributed by atoms with van der Waals surface area (Å²) in [6.07, 6.45) is 4.95. The lowest BCUT2D eigenvalue weighted by atomic mass is 9.83. The van der Waals surface area contributed by atoms with Crippen LogP contribution in [0, 0.1) is 5.41 Å². The van der Waals surface area contributed by atoms with E-state index in [9.17, 15) is 0 Å². The Morgan fingerprint density at radius 1 is 1.41 bits per heavy atom. The fraction of sp³-hybridized carbons (Fsp3) is 0.667. The number of nitrogens with one attached hydrogen (secondary N) is 1. The standard InChI is InChI=1S/C12H22N4O/c1-5-17-11(12(2,3)4)10(16-13)9-8-14-6-7-15-9/h6-8,10-11,16H,5,13H2,1-4H3. The summed E-state index contributed by atoms with van der Waals surface area (Å²) in [5, 5.41) is 0. The van der Waals surface area contributed by atoms with E-state index >= 15 is 0 Å². The number of ether oxygens (including phenoxy) is 1. The second kappa shape index (κ2) is 6.05. The number of hydrogen-bond donors (Lipinski definition) is 2. The molecule has 3 N–H and O–H groups in total. The molecule has 0 spiro atoms. The molecule has 2 atom stereocenters. The third-order valence-corrected chi connectivity index (χ3v) is 2.58. The van der Waals surface area contributed by atoms with Gasteiger partial charge in [-0.1, -0.05) is 20.8 Å². The number of aromatic nitrogens is 2. The van der Waals surface area contributed by atoms with E-state index in [1.807, 2.05) is 6.92 Å². The van der Waals surface area contributed by atoms with Crippen molar-refractivity contribution < 1.29 is 4.74 Å². The Hall–Kier alpha value is -1.04. The molecule has 0 aliphatic rings. The maximum atomic E-state index is 5.80. The predicted octanol–water partition coefficient (Wildman–Crippen LogP) is 1.43. The van der Waals surface area contributed by atoms with E-state index in [1.54, 1.807) is 18.6 Å². The van der Waals surface area contributed by atoms with Gasteiger partial charge in [-0.2, -0.15) is 0 Å². The van der Waals surface area contributed by atoms with Gasteiger partial charge < -0.3 is 4.74 Å². The first-order chi connectivity index (χ1) is 8.00. The van der Waals surface area contributed by atoms with Gasteiger partial charge in [-0.05, 0) is 12.3 Å². The normalized spacial score (nSPS) is 15.6. The van der Waals surface area contributed by atoms with Crippen LogP contribution < -0.4 is 11.3 Å². The Morgan fingerprint density at radius 3 is 2.53 bits per heavy atom. The van der Waals surface area contributed by atoms with Crippen LogP contribution in [0.4, 0.5) is 0 Å². The molecular weight excluding hydrogens is 216 g/mol. The second-order valence-corrected chi connectivity index (χ2v) is 5.02. The molecular formula is C12H22N4O. The summed E-state index contributed by atoms with van der Waals surface area (Å²) >= 11 is 0. The molecule has 1 rings (SSSR count). The highest BCUT2D eigenvalue weighted by atomic mass is 16.5. The molecule has 0 fully saturated rings. The molecule has 17 heavy (non-hydrogen) atoms. The first-order valence-electron chi connectivity index (χ1n) is 5.84. The zero-order valence-electron chi connectivity index (χ0n) is 11.0. The predicted molar refractivity (Wildman–Crippen MR) is 67.0 cm³/mol. The van der Waals surface area contributed by atoms with Gasteiger partial charge in [0.25, 0.3) is 0 Å². The first-order valence-corrected chi connectivity index (χ1v) is 5.84. The molecule has 0 amide bonds. The topological polar surface area (TPSA) is 73.1 Å². The van der Waals surface area contributed by atoms with Crippen molar-refractivity contribution in [2.45, 2.75) is 39.8 Å². The highest BCUT2D eigenvalue weighted by Crippen LogP contribution is 2.31. The van der Waals surface area contributed by atoms with Crippen LogP contribution in [-0.2, 0) is 4.74 Å².